The molecule has 4 rings (SSSR count). The molecule has 200 valence electrons. The summed E-state index contributed by atoms with van der Waals surface area (Å²) in [5.41, 5.74) is 0.228. The van der Waals surface area contributed by atoms with E-state index < -0.39 is 23.6 Å². The number of amides is 2. The molecule has 0 spiro atoms. The molecule has 12 heteroatoms. The van der Waals surface area contributed by atoms with Gasteiger partial charge in [0.25, 0.3) is 5.91 Å². The number of allylic oxidation sites excluding steroid dienone is 2. The van der Waals surface area contributed by atoms with Gasteiger partial charge in [0.15, 0.2) is 0 Å². The zero-order valence-electron chi connectivity index (χ0n) is 20.2. The van der Waals surface area contributed by atoms with Crippen LogP contribution in [0.5, 0.6) is 0 Å². The van der Waals surface area contributed by atoms with Gasteiger partial charge in [-0.1, -0.05) is 33.8 Å². The van der Waals surface area contributed by atoms with Crippen LogP contribution < -0.4 is 16.0 Å². The Morgan fingerprint density at radius 2 is 1.85 bits per heavy atom. The standard InChI is InChI=1S/C27H20BrF3N4O3S/c1-15-23(25(37)35-19-5-2-4-16(12-19)27(29,30)31)24(21-6-3-11-38-21)20(13-32)26(33-15)39-14-22(36)34-18-9-7-17(28)8-10-18/h2-12,24,33H,14H2,1H3,(H,34,36)(H,35,37). The Kier molecular flexibility index (Phi) is 8.52. The molecular weight excluding hydrogens is 597 g/mol. The van der Waals surface area contributed by atoms with Crippen LogP contribution in [0, 0.1) is 11.3 Å². The lowest BCUT2D eigenvalue weighted by atomic mass is 9.85. The molecule has 0 saturated carbocycles. The molecule has 7 nitrogen and oxygen atoms in total. The highest BCUT2D eigenvalue weighted by atomic mass is 79.9. The fourth-order valence-electron chi connectivity index (χ4n) is 3.91. The number of rotatable bonds is 7. The number of alkyl halides is 3. The van der Waals surface area contributed by atoms with E-state index >= 15 is 0 Å². The van der Waals surface area contributed by atoms with Gasteiger partial charge in [-0.05, 0) is 61.5 Å². The van der Waals surface area contributed by atoms with Crippen molar-refractivity contribution in [3.63, 3.8) is 0 Å². The van der Waals surface area contributed by atoms with E-state index in [9.17, 15) is 28.0 Å². The van der Waals surface area contributed by atoms with Gasteiger partial charge in [0.05, 0.1) is 45.7 Å². The molecule has 1 aromatic heterocycles. The first-order chi connectivity index (χ1) is 18.6. The number of nitrogens with one attached hydrogen (secondary N) is 3. The Balaban J connectivity index is 1.58. The second kappa shape index (κ2) is 11.8. The summed E-state index contributed by atoms with van der Waals surface area (Å²) in [6, 6.07) is 16.6. The van der Waals surface area contributed by atoms with Gasteiger partial charge in [0.1, 0.15) is 5.76 Å². The number of nitrogens with zero attached hydrogens (tertiary/aromatic N) is 1. The molecule has 2 amide bonds. The van der Waals surface area contributed by atoms with Crippen molar-refractivity contribution in [2.45, 2.75) is 19.0 Å². The predicted octanol–water partition coefficient (Wildman–Crippen LogP) is 6.77. The molecule has 3 N–H and O–H groups in total. The summed E-state index contributed by atoms with van der Waals surface area (Å²) >= 11 is 4.41. The molecule has 0 radical (unpaired) electrons. The molecule has 1 aliphatic rings. The molecule has 2 heterocycles. The number of carbonyl (C=O) groups excluding carboxylic acids is 2. The van der Waals surface area contributed by atoms with E-state index in [2.05, 4.69) is 37.9 Å². The highest BCUT2D eigenvalue weighted by Crippen LogP contribution is 2.41. The topological polar surface area (TPSA) is 107 Å². The second-order valence-corrected chi connectivity index (χ2v) is 10.2. The van der Waals surface area contributed by atoms with E-state index in [-0.39, 0.29) is 28.5 Å². The van der Waals surface area contributed by atoms with Gasteiger partial charge in [0, 0.05) is 21.5 Å². The van der Waals surface area contributed by atoms with Gasteiger partial charge in [-0.3, -0.25) is 9.59 Å². The van der Waals surface area contributed by atoms with E-state index in [0.717, 1.165) is 28.4 Å². The van der Waals surface area contributed by atoms with Crippen molar-refractivity contribution in [1.29, 1.82) is 5.26 Å². The van der Waals surface area contributed by atoms with Gasteiger partial charge < -0.3 is 20.4 Å². The van der Waals surface area contributed by atoms with Crippen molar-refractivity contribution in [2.75, 3.05) is 16.4 Å². The maximum absolute atomic E-state index is 13.4. The first-order valence-electron chi connectivity index (χ1n) is 11.4. The molecule has 1 atom stereocenters. The second-order valence-electron chi connectivity index (χ2n) is 8.34. The van der Waals surface area contributed by atoms with Crippen LogP contribution in [0.4, 0.5) is 24.5 Å². The van der Waals surface area contributed by atoms with E-state index in [1.165, 1.54) is 18.4 Å². The molecule has 3 aromatic rings. The van der Waals surface area contributed by atoms with Crippen LogP contribution in [0.1, 0.15) is 24.2 Å². The highest BCUT2D eigenvalue weighted by Gasteiger charge is 2.37. The molecule has 1 aliphatic heterocycles. The summed E-state index contributed by atoms with van der Waals surface area (Å²) in [6.45, 7) is 1.60. The van der Waals surface area contributed by atoms with Crippen LogP contribution >= 0.6 is 27.7 Å². The summed E-state index contributed by atoms with van der Waals surface area (Å²) in [6.07, 6.45) is -3.19. The number of hydrogen-bond donors (Lipinski definition) is 3. The molecule has 1 unspecified atom stereocenters. The number of halogens is 4. The van der Waals surface area contributed by atoms with Crippen LogP contribution in [0.2, 0.25) is 0 Å². The van der Waals surface area contributed by atoms with Crippen molar-refractivity contribution >= 4 is 50.9 Å². The Morgan fingerprint density at radius 3 is 2.49 bits per heavy atom. The van der Waals surface area contributed by atoms with Gasteiger partial charge in [0.2, 0.25) is 5.91 Å². The third-order valence-corrected chi connectivity index (χ3v) is 7.19. The number of hydrogen-bond acceptors (Lipinski definition) is 6. The lowest BCUT2D eigenvalue weighted by molar-refractivity contribution is -0.137. The Labute approximate surface area is 234 Å². The van der Waals surface area contributed by atoms with E-state index in [1.807, 2.05) is 0 Å². The lowest BCUT2D eigenvalue weighted by Crippen LogP contribution is -2.31. The predicted molar refractivity (Wildman–Crippen MR) is 145 cm³/mol. The van der Waals surface area contributed by atoms with Crippen molar-refractivity contribution in [1.82, 2.24) is 5.32 Å². The van der Waals surface area contributed by atoms with Gasteiger partial charge in [-0.15, -0.1) is 0 Å². The first kappa shape index (κ1) is 28.1. The minimum absolute atomic E-state index is 0.0342. The zero-order chi connectivity index (χ0) is 28.2. The van der Waals surface area contributed by atoms with Gasteiger partial charge in [-0.25, -0.2) is 0 Å². The molecule has 2 aromatic carbocycles. The number of carbonyl (C=O) groups is 2. The summed E-state index contributed by atoms with van der Waals surface area (Å²) in [5.74, 6) is -1.70. The number of thioether (sulfide) groups is 1. The lowest BCUT2D eigenvalue weighted by Gasteiger charge is -2.28. The summed E-state index contributed by atoms with van der Waals surface area (Å²) < 4.78 is 45.9. The van der Waals surface area contributed by atoms with E-state index in [1.54, 1.807) is 43.3 Å². The summed E-state index contributed by atoms with van der Waals surface area (Å²) in [4.78, 5) is 25.9. The number of furan rings is 1. The maximum Gasteiger partial charge on any atom is 0.416 e. The largest absolute Gasteiger partial charge is 0.468 e. The van der Waals surface area contributed by atoms with Crippen LogP contribution in [0.25, 0.3) is 0 Å². The fourth-order valence-corrected chi connectivity index (χ4v) is 5.06. The minimum Gasteiger partial charge on any atom is -0.468 e. The van der Waals surface area contributed by atoms with Crippen LogP contribution in [0.15, 0.2) is 97.7 Å². The van der Waals surface area contributed by atoms with E-state index in [0.29, 0.717) is 22.2 Å². The number of dihydropyridines is 1. The van der Waals surface area contributed by atoms with Crippen molar-refractivity contribution in [2.24, 2.45) is 0 Å². The molecular formula is C27H20BrF3N4O3S. The Morgan fingerprint density at radius 1 is 1.10 bits per heavy atom. The van der Waals surface area contributed by atoms with E-state index in [4.69, 9.17) is 4.42 Å². The zero-order valence-corrected chi connectivity index (χ0v) is 22.6. The Hall–Kier alpha value is -3.95. The number of benzene rings is 2. The maximum atomic E-state index is 13.4. The minimum atomic E-state index is -4.58. The highest BCUT2D eigenvalue weighted by molar-refractivity contribution is 9.10. The Bertz CT molecular complexity index is 1490. The third-order valence-electron chi connectivity index (χ3n) is 5.64. The quantitative estimate of drug-likeness (QED) is 0.270. The SMILES string of the molecule is CC1=C(C(=O)Nc2cccc(C(F)(F)F)c2)C(c2ccco2)C(C#N)=C(SCC(=O)Nc2ccc(Br)cc2)N1. The summed E-state index contributed by atoms with van der Waals surface area (Å²) in [7, 11) is 0. The average molecular weight is 617 g/mol. The summed E-state index contributed by atoms with van der Waals surface area (Å²) in [5, 5.41) is 18.7. The molecule has 0 fully saturated rings. The average Bonchev–Trinajstić information content (AvgIpc) is 3.42. The van der Waals surface area contributed by atoms with Crippen molar-refractivity contribution in [3.8, 4) is 6.07 Å². The molecule has 39 heavy (non-hydrogen) atoms. The van der Waals surface area contributed by atoms with Crippen LogP contribution in [-0.4, -0.2) is 17.6 Å². The number of anilines is 2. The molecule has 0 bridgehead atoms. The van der Waals surface area contributed by atoms with Gasteiger partial charge >= 0.3 is 6.18 Å². The monoisotopic (exact) mass is 616 g/mol. The van der Waals surface area contributed by atoms with Crippen LogP contribution in [0.3, 0.4) is 0 Å². The normalized spacial score (nSPS) is 15.4. The van der Waals surface area contributed by atoms with Crippen LogP contribution in [-0.2, 0) is 15.8 Å². The third kappa shape index (κ3) is 6.74. The molecule has 0 saturated heterocycles. The number of nitriles is 1. The van der Waals surface area contributed by atoms with Crippen molar-refractivity contribution < 1.29 is 27.2 Å². The van der Waals surface area contributed by atoms with Crippen molar-refractivity contribution in [3.05, 3.63) is 105 Å². The molecule has 0 aliphatic carbocycles. The fraction of sp³-hybridized carbons (Fsp3) is 0.148. The van der Waals surface area contributed by atoms with Gasteiger partial charge in [-0.2, -0.15) is 18.4 Å². The smallest absolute Gasteiger partial charge is 0.416 e. The first-order valence-corrected chi connectivity index (χ1v) is 13.2.